The molecule has 2 aromatic carbocycles. The molecule has 0 atom stereocenters. The maximum Gasteiger partial charge on any atom is 0.162 e. The summed E-state index contributed by atoms with van der Waals surface area (Å²) in [7, 11) is 0. The number of carbonyl (C=O) groups excluding carboxylic acids is 1. The smallest absolute Gasteiger partial charge is 0.162 e. The first kappa shape index (κ1) is 19.2. The highest BCUT2D eigenvalue weighted by atomic mass is 35.5. The van der Waals surface area contributed by atoms with Crippen LogP contribution in [0.4, 0.5) is 0 Å². The molecule has 134 valence electrons. The van der Waals surface area contributed by atoms with E-state index in [0.29, 0.717) is 38.2 Å². The molecule has 0 aliphatic heterocycles. The van der Waals surface area contributed by atoms with E-state index in [9.17, 15) is 10.1 Å². The molecule has 0 amide bonds. The van der Waals surface area contributed by atoms with Crippen molar-refractivity contribution in [2.24, 2.45) is 0 Å². The maximum atomic E-state index is 12.3. The zero-order valence-electron chi connectivity index (χ0n) is 15.0. The Morgan fingerprint density at radius 1 is 1.15 bits per heavy atom. The van der Waals surface area contributed by atoms with Gasteiger partial charge in [0, 0.05) is 21.9 Å². The van der Waals surface area contributed by atoms with Crippen molar-refractivity contribution in [3.63, 3.8) is 0 Å². The lowest BCUT2D eigenvalue weighted by molar-refractivity contribution is 0.101. The topological polar surface area (TPSA) is 53.8 Å². The molecule has 0 N–H and O–H groups in total. The van der Waals surface area contributed by atoms with Crippen LogP contribution in [-0.2, 0) is 5.75 Å². The Morgan fingerprint density at radius 3 is 2.41 bits per heavy atom. The number of thioether (sulfide) groups is 1. The van der Waals surface area contributed by atoms with Crippen LogP contribution in [-0.4, -0.2) is 10.8 Å². The van der Waals surface area contributed by atoms with Gasteiger partial charge in [0.05, 0.1) is 11.3 Å². The van der Waals surface area contributed by atoms with Crippen molar-refractivity contribution in [2.75, 3.05) is 0 Å². The Labute approximate surface area is 168 Å². The number of carbonyl (C=O) groups is 1. The Hall–Kier alpha value is -2.61. The zero-order chi connectivity index (χ0) is 19.4. The van der Waals surface area contributed by atoms with Crippen molar-refractivity contribution in [2.45, 2.75) is 24.6 Å². The molecule has 1 heterocycles. The Bertz CT molecular complexity index is 1020. The largest absolute Gasteiger partial charge is 0.294 e. The minimum absolute atomic E-state index is 0.110. The quantitative estimate of drug-likeness (QED) is 0.390. The molecule has 0 spiro atoms. The summed E-state index contributed by atoms with van der Waals surface area (Å²) < 4.78 is 0. The normalized spacial score (nSPS) is 10.4. The lowest BCUT2D eigenvalue weighted by Gasteiger charge is -2.15. The minimum Gasteiger partial charge on any atom is -0.294 e. The van der Waals surface area contributed by atoms with Gasteiger partial charge in [0.2, 0.25) is 0 Å². The third kappa shape index (κ3) is 4.21. The summed E-state index contributed by atoms with van der Waals surface area (Å²) in [5.74, 6) is 0.586. The van der Waals surface area contributed by atoms with Gasteiger partial charge < -0.3 is 0 Å². The Morgan fingerprint density at radius 2 is 1.81 bits per heavy atom. The van der Waals surface area contributed by atoms with E-state index in [0.717, 1.165) is 11.1 Å². The Kier molecular flexibility index (Phi) is 5.95. The highest BCUT2D eigenvalue weighted by Gasteiger charge is 2.22. The second-order valence-electron chi connectivity index (χ2n) is 6.08. The molecular weight excluding hydrogens is 376 g/mol. The molecule has 0 unspecified atom stereocenters. The van der Waals surface area contributed by atoms with Crippen molar-refractivity contribution >= 4 is 29.1 Å². The number of aromatic nitrogens is 1. The van der Waals surface area contributed by atoms with E-state index in [4.69, 9.17) is 11.6 Å². The van der Waals surface area contributed by atoms with Gasteiger partial charge in [-0.25, -0.2) is 4.98 Å². The van der Waals surface area contributed by atoms with Gasteiger partial charge in [-0.1, -0.05) is 54.1 Å². The summed E-state index contributed by atoms with van der Waals surface area (Å²) in [5.41, 5.74) is 4.10. The number of halogens is 1. The van der Waals surface area contributed by atoms with E-state index in [-0.39, 0.29) is 5.78 Å². The molecule has 0 bridgehead atoms. The van der Waals surface area contributed by atoms with Gasteiger partial charge in [-0.2, -0.15) is 5.26 Å². The number of Topliss-reactive ketones (excluding diaryl/α,β-unsaturated/α-hetero) is 1. The van der Waals surface area contributed by atoms with Gasteiger partial charge in [-0.15, -0.1) is 11.8 Å². The fourth-order valence-electron chi connectivity index (χ4n) is 2.95. The second kappa shape index (κ2) is 8.39. The number of pyridine rings is 1. The van der Waals surface area contributed by atoms with Crippen molar-refractivity contribution in [1.29, 1.82) is 5.26 Å². The third-order valence-corrected chi connectivity index (χ3v) is 5.46. The zero-order valence-corrected chi connectivity index (χ0v) is 16.6. The fourth-order valence-corrected chi connectivity index (χ4v) is 4.06. The molecule has 1 aromatic heterocycles. The van der Waals surface area contributed by atoms with Crippen LogP contribution >= 0.6 is 23.4 Å². The first-order chi connectivity index (χ1) is 13.0. The van der Waals surface area contributed by atoms with Crippen LogP contribution in [0.25, 0.3) is 11.1 Å². The number of benzene rings is 2. The summed E-state index contributed by atoms with van der Waals surface area (Å²) in [5, 5.41) is 11.1. The number of hydrogen-bond donors (Lipinski definition) is 0. The van der Waals surface area contributed by atoms with E-state index in [1.165, 1.54) is 18.7 Å². The van der Waals surface area contributed by atoms with Gasteiger partial charge in [0.1, 0.15) is 11.1 Å². The summed E-state index contributed by atoms with van der Waals surface area (Å²) >= 11 is 7.51. The third-order valence-electron chi connectivity index (χ3n) is 4.16. The van der Waals surface area contributed by atoms with E-state index >= 15 is 0 Å². The molecule has 5 heteroatoms. The number of ketones is 1. The molecule has 27 heavy (non-hydrogen) atoms. The highest BCUT2D eigenvalue weighted by Crippen LogP contribution is 2.36. The summed E-state index contributed by atoms with van der Waals surface area (Å²) in [4.78, 5) is 16.9. The number of nitriles is 1. The molecule has 0 radical (unpaired) electrons. The van der Waals surface area contributed by atoms with Crippen molar-refractivity contribution in [3.8, 4) is 17.2 Å². The molecule has 0 aliphatic rings. The van der Waals surface area contributed by atoms with Crippen LogP contribution in [0.5, 0.6) is 0 Å². The fraction of sp³-hybridized carbons (Fsp3) is 0.136. The number of nitrogens with zero attached hydrogens (tertiary/aromatic N) is 2. The molecular formula is C22H17ClN2OS. The average molecular weight is 393 g/mol. The standard InChI is InChI=1S/C22H17ClN2OS/c1-14-20(15(2)26)21(17-8-10-18(23)11-9-17)19(12-24)22(25-14)27-13-16-6-4-3-5-7-16/h3-11H,13H2,1-2H3. The van der Waals surface area contributed by atoms with Crippen LogP contribution in [0.2, 0.25) is 5.02 Å². The lowest BCUT2D eigenvalue weighted by atomic mass is 9.93. The predicted molar refractivity (Wildman–Crippen MR) is 110 cm³/mol. The number of hydrogen-bond acceptors (Lipinski definition) is 4. The van der Waals surface area contributed by atoms with Gasteiger partial charge in [-0.05, 0) is 37.1 Å². The maximum absolute atomic E-state index is 12.3. The average Bonchev–Trinajstić information content (AvgIpc) is 2.67. The number of aryl methyl sites for hydroxylation is 1. The van der Waals surface area contributed by atoms with Gasteiger partial charge in [0.25, 0.3) is 0 Å². The van der Waals surface area contributed by atoms with Crippen molar-refractivity contribution in [1.82, 2.24) is 4.98 Å². The highest BCUT2D eigenvalue weighted by molar-refractivity contribution is 7.98. The van der Waals surface area contributed by atoms with Crippen LogP contribution in [0.1, 0.15) is 34.1 Å². The summed E-state index contributed by atoms with van der Waals surface area (Å²) in [6.45, 7) is 3.31. The molecule has 0 saturated heterocycles. The molecule has 3 rings (SSSR count). The predicted octanol–water partition coefficient (Wildman–Crippen LogP) is 6.08. The van der Waals surface area contributed by atoms with Crippen molar-refractivity contribution < 1.29 is 4.79 Å². The summed E-state index contributed by atoms with van der Waals surface area (Å²) in [6, 6.07) is 19.5. The molecule has 0 saturated carbocycles. The first-order valence-electron chi connectivity index (χ1n) is 8.39. The van der Waals surface area contributed by atoms with Gasteiger partial charge in [-0.3, -0.25) is 4.79 Å². The van der Waals surface area contributed by atoms with E-state index < -0.39 is 0 Å². The van der Waals surface area contributed by atoms with Crippen LogP contribution < -0.4 is 0 Å². The second-order valence-corrected chi connectivity index (χ2v) is 7.48. The SMILES string of the molecule is CC(=O)c1c(C)nc(SCc2ccccc2)c(C#N)c1-c1ccc(Cl)cc1. The Balaban J connectivity index is 2.14. The van der Waals surface area contributed by atoms with E-state index in [1.807, 2.05) is 49.4 Å². The molecule has 3 aromatic rings. The lowest BCUT2D eigenvalue weighted by Crippen LogP contribution is -2.07. The number of rotatable bonds is 5. The summed E-state index contributed by atoms with van der Waals surface area (Å²) in [6.07, 6.45) is 0. The van der Waals surface area contributed by atoms with Gasteiger partial charge in [0.15, 0.2) is 5.78 Å². The van der Waals surface area contributed by atoms with Gasteiger partial charge >= 0.3 is 0 Å². The molecule has 3 nitrogen and oxygen atoms in total. The van der Waals surface area contributed by atoms with Crippen LogP contribution in [0.3, 0.4) is 0 Å². The minimum atomic E-state index is -0.110. The van der Waals surface area contributed by atoms with Crippen LogP contribution in [0.15, 0.2) is 59.6 Å². The monoisotopic (exact) mass is 392 g/mol. The van der Waals surface area contributed by atoms with E-state index in [1.54, 1.807) is 12.1 Å². The molecule has 0 fully saturated rings. The first-order valence-corrected chi connectivity index (χ1v) is 9.76. The van der Waals surface area contributed by atoms with E-state index in [2.05, 4.69) is 11.1 Å². The van der Waals surface area contributed by atoms with Crippen LogP contribution in [0, 0.1) is 18.3 Å². The molecule has 0 aliphatic carbocycles. The van der Waals surface area contributed by atoms with Crippen molar-refractivity contribution in [3.05, 3.63) is 82.0 Å².